The lowest BCUT2D eigenvalue weighted by atomic mass is 10.0. The first kappa shape index (κ1) is 17.6. The number of nitrogens with one attached hydrogen (secondary N) is 1. The molecule has 0 saturated carbocycles. The number of carbonyl (C=O) groups is 2. The molecule has 1 atom stereocenters. The minimum atomic E-state index is -0.0666. The van der Waals surface area contributed by atoms with E-state index in [0.29, 0.717) is 38.3 Å². The van der Waals surface area contributed by atoms with Gasteiger partial charge in [-0.3, -0.25) is 9.59 Å². The number of piperidine rings is 1. The van der Waals surface area contributed by atoms with Crippen LogP contribution >= 0.6 is 0 Å². The number of rotatable bonds is 3. The summed E-state index contributed by atoms with van der Waals surface area (Å²) in [5.41, 5.74) is 1.43. The zero-order valence-corrected chi connectivity index (χ0v) is 15.4. The zero-order valence-electron chi connectivity index (χ0n) is 15.4. The van der Waals surface area contributed by atoms with Gasteiger partial charge in [0.25, 0.3) is 5.91 Å². The first-order valence-electron chi connectivity index (χ1n) is 9.39. The number of amides is 2. The number of hydrazone groups is 1. The molecule has 27 heavy (non-hydrogen) atoms. The zero-order chi connectivity index (χ0) is 18.8. The number of anilines is 1. The summed E-state index contributed by atoms with van der Waals surface area (Å²) in [6, 6.07) is 5.99. The molecular weight excluding hydrogens is 348 g/mol. The predicted molar refractivity (Wildman–Crippen MR) is 100 cm³/mol. The molecule has 1 N–H and O–H groups in total. The highest BCUT2D eigenvalue weighted by atomic mass is 16.6. The average molecular weight is 372 g/mol. The Morgan fingerprint density at radius 3 is 2.85 bits per heavy atom. The number of likely N-dealkylation sites (tertiary alicyclic amines) is 1. The number of hydrogen-bond acceptors (Lipinski definition) is 6. The van der Waals surface area contributed by atoms with E-state index in [1.54, 1.807) is 7.05 Å². The highest BCUT2D eigenvalue weighted by molar-refractivity contribution is 6.39. The fourth-order valence-corrected chi connectivity index (χ4v) is 3.65. The summed E-state index contributed by atoms with van der Waals surface area (Å²) in [6.45, 7) is 2.46. The number of carbonyl (C=O) groups excluding carboxylic acids is 2. The molecule has 0 aliphatic carbocycles. The van der Waals surface area contributed by atoms with Gasteiger partial charge in [0.1, 0.15) is 18.9 Å². The molecule has 0 unspecified atom stereocenters. The van der Waals surface area contributed by atoms with E-state index in [1.807, 2.05) is 23.1 Å². The lowest BCUT2D eigenvalue weighted by Gasteiger charge is -2.34. The Labute approximate surface area is 158 Å². The molecule has 4 rings (SSSR count). The maximum atomic E-state index is 12.8. The van der Waals surface area contributed by atoms with Crippen molar-refractivity contribution < 1.29 is 19.1 Å². The van der Waals surface area contributed by atoms with Crippen LogP contribution in [0.2, 0.25) is 0 Å². The minimum Gasteiger partial charge on any atom is -0.486 e. The Bertz CT molecular complexity index is 779. The van der Waals surface area contributed by atoms with E-state index in [9.17, 15) is 9.59 Å². The fourth-order valence-electron chi connectivity index (χ4n) is 3.65. The molecule has 0 spiro atoms. The first-order chi connectivity index (χ1) is 13.1. The summed E-state index contributed by atoms with van der Waals surface area (Å²) in [7, 11) is 1.59. The largest absolute Gasteiger partial charge is 0.486 e. The van der Waals surface area contributed by atoms with Crippen molar-refractivity contribution in [3.8, 4) is 11.5 Å². The molecule has 8 heteroatoms. The molecule has 3 aliphatic heterocycles. The average Bonchev–Trinajstić information content (AvgIpc) is 2.69. The minimum absolute atomic E-state index is 0.0525. The van der Waals surface area contributed by atoms with Crippen molar-refractivity contribution in [1.29, 1.82) is 0 Å². The molecule has 1 aromatic carbocycles. The smallest absolute Gasteiger partial charge is 0.270 e. The van der Waals surface area contributed by atoms with Gasteiger partial charge in [0.05, 0.1) is 0 Å². The van der Waals surface area contributed by atoms with Crippen LogP contribution in [0.1, 0.15) is 25.7 Å². The predicted octanol–water partition coefficient (Wildman–Crippen LogP) is 1.47. The van der Waals surface area contributed by atoms with Gasteiger partial charge < -0.3 is 19.7 Å². The summed E-state index contributed by atoms with van der Waals surface area (Å²) in [5, 5.41) is 8.92. The summed E-state index contributed by atoms with van der Waals surface area (Å²) in [5.74, 6) is 1.40. The van der Waals surface area contributed by atoms with E-state index < -0.39 is 0 Å². The Balaban J connectivity index is 1.40. The van der Waals surface area contributed by atoms with E-state index in [-0.39, 0.29) is 17.9 Å². The van der Waals surface area contributed by atoms with Gasteiger partial charge in [0.15, 0.2) is 11.5 Å². The van der Waals surface area contributed by atoms with Crippen LogP contribution < -0.4 is 14.8 Å². The van der Waals surface area contributed by atoms with E-state index >= 15 is 0 Å². The maximum absolute atomic E-state index is 12.8. The highest BCUT2D eigenvalue weighted by Crippen LogP contribution is 2.33. The molecule has 1 saturated heterocycles. The third kappa shape index (κ3) is 3.84. The Morgan fingerprint density at radius 2 is 2.04 bits per heavy atom. The molecule has 2 amide bonds. The van der Waals surface area contributed by atoms with Crippen LogP contribution in [0.4, 0.5) is 5.69 Å². The summed E-state index contributed by atoms with van der Waals surface area (Å²) in [4.78, 5) is 26.2. The topological polar surface area (TPSA) is 83.5 Å². The second-order valence-electron chi connectivity index (χ2n) is 7.06. The standard InChI is InChI=1S/C19H24N4O4/c1-22-18(24)7-5-15(21-22)19(25)23-8-2-3-14(12-23)20-13-4-6-16-17(11-13)27-10-9-26-16/h4,6,11,14,20H,2-3,5,7-10,12H2,1H3/t14-/m0/s1. The van der Waals surface area contributed by atoms with Crippen molar-refractivity contribution in [3.05, 3.63) is 18.2 Å². The summed E-state index contributed by atoms with van der Waals surface area (Å²) >= 11 is 0. The monoisotopic (exact) mass is 372 g/mol. The van der Waals surface area contributed by atoms with E-state index in [0.717, 1.165) is 36.6 Å². The molecule has 3 aliphatic rings. The number of benzene rings is 1. The second kappa shape index (κ2) is 7.46. The van der Waals surface area contributed by atoms with Crippen molar-refractivity contribution in [2.45, 2.75) is 31.7 Å². The van der Waals surface area contributed by atoms with Gasteiger partial charge in [-0.2, -0.15) is 5.10 Å². The van der Waals surface area contributed by atoms with Gasteiger partial charge in [-0.05, 0) is 25.0 Å². The number of hydrogen-bond donors (Lipinski definition) is 1. The maximum Gasteiger partial charge on any atom is 0.270 e. The number of fused-ring (bicyclic) bond motifs is 1. The van der Waals surface area contributed by atoms with Crippen LogP contribution in [-0.4, -0.2) is 66.8 Å². The van der Waals surface area contributed by atoms with Crippen LogP contribution in [0.5, 0.6) is 11.5 Å². The van der Waals surface area contributed by atoms with Gasteiger partial charge in [0, 0.05) is 50.8 Å². The molecule has 8 nitrogen and oxygen atoms in total. The lowest BCUT2D eigenvalue weighted by molar-refractivity contribution is -0.130. The normalized spacial score (nSPS) is 22.3. The molecule has 144 valence electrons. The van der Waals surface area contributed by atoms with Gasteiger partial charge >= 0.3 is 0 Å². The van der Waals surface area contributed by atoms with Gasteiger partial charge in [-0.25, -0.2) is 5.01 Å². The summed E-state index contributed by atoms with van der Waals surface area (Å²) < 4.78 is 11.2. The highest BCUT2D eigenvalue weighted by Gasteiger charge is 2.29. The third-order valence-corrected chi connectivity index (χ3v) is 5.08. The van der Waals surface area contributed by atoms with E-state index in [2.05, 4.69) is 10.4 Å². The summed E-state index contributed by atoms with van der Waals surface area (Å²) in [6.07, 6.45) is 2.67. The molecule has 3 heterocycles. The SMILES string of the molecule is CN1N=C(C(=O)N2CCC[C@H](Nc3ccc4c(c3)OCCO4)C2)CCC1=O. The molecule has 1 fully saturated rings. The van der Waals surface area contributed by atoms with Crippen molar-refractivity contribution in [1.82, 2.24) is 9.91 Å². The Morgan fingerprint density at radius 1 is 1.22 bits per heavy atom. The number of ether oxygens (including phenoxy) is 2. The van der Waals surface area contributed by atoms with Gasteiger partial charge in [-0.15, -0.1) is 0 Å². The lowest BCUT2D eigenvalue weighted by Crippen LogP contribution is -2.48. The van der Waals surface area contributed by atoms with Crippen LogP contribution in [0, 0.1) is 0 Å². The van der Waals surface area contributed by atoms with E-state index in [1.165, 1.54) is 5.01 Å². The molecule has 0 aromatic heterocycles. The first-order valence-corrected chi connectivity index (χ1v) is 9.39. The molecule has 0 bridgehead atoms. The van der Waals surface area contributed by atoms with Gasteiger partial charge in [0.2, 0.25) is 5.91 Å². The van der Waals surface area contributed by atoms with Crippen LogP contribution in [0.25, 0.3) is 0 Å². The third-order valence-electron chi connectivity index (χ3n) is 5.08. The van der Waals surface area contributed by atoms with Crippen molar-refractivity contribution in [2.75, 3.05) is 38.7 Å². The van der Waals surface area contributed by atoms with Crippen LogP contribution in [0.3, 0.4) is 0 Å². The van der Waals surface area contributed by atoms with Crippen molar-refractivity contribution >= 4 is 23.2 Å². The van der Waals surface area contributed by atoms with Crippen molar-refractivity contribution in [3.63, 3.8) is 0 Å². The Hall–Kier alpha value is -2.77. The quantitative estimate of drug-likeness (QED) is 0.869. The fraction of sp³-hybridized carbons (Fsp3) is 0.526. The number of nitrogens with zero attached hydrogens (tertiary/aromatic N) is 3. The molecule has 0 radical (unpaired) electrons. The second-order valence-corrected chi connectivity index (χ2v) is 7.06. The van der Waals surface area contributed by atoms with Crippen molar-refractivity contribution in [2.24, 2.45) is 5.10 Å². The van der Waals surface area contributed by atoms with Crippen LogP contribution in [0.15, 0.2) is 23.3 Å². The van der Waals surface area contributed by atoms with Crippen LogP contribution in [-0.2, 0) is 9.59 Å². The van der Waals surface area contributed by atoms with E-state index in [4.69, 9.17) is 9.47 Å². The molecule has 1 aromatic rings. The Kier molecular flexibility index (Phi) is 4.87. The molecular formula is C19H24N4O4. The van der Waals surface area contributed by atoms with Gasteiger partial charge in [-0.1, -0.05) is 0 Å².